The van der Waals surface area contributed by atoms with Gasteiger partial charge in [0.1, 0.15) is 0 Å². The van der Waals surface area contributed by atoms with Gasteiger partial charge in [0.05, 0.1) is 11.1 Å². The zero-order chi connectivity index (χ0) is 17.7. The van der Waals surface area contributed by atoms with E-state index in [4.69, 9.17) is 0 Å². The maximum atomic E-state index is 11.5. The van der Waals surface area contributed by atoms with Crippen LogP contribution in [0.25, 0.3) is 0 Å². The molecule has 3 rings (SSSR count). The van der Waals surface area contributed by atoms with Gasteiger partial charge in [-0.25, -0.2) is 0 Å². The zero-order valence-corrected chi connectivity index (χ0v) is 15.7. The third-order valence-electron chi connectivity index (χ3n) is 3.24. The standard InChI is InChI=1S/C10H9NO2.C6H6INO2S/c1-2-11-9(12)7-5-3-4-6-8(7)10(11)13;7-5-1-3-6(4-2-5)8-11(9)10/h3-6H,2H2,1H3;1-4,8H,(H,9,10)/p-1. The lowest BCUT2D eigenvalue weighted by Gasteiger charge is -2.08. The van der Waals surface area contributed by atoms with Crippen molar-refractivity contribution in [3.05, 3.63) is 63.2 Å². The van der Waals surface area contributed by atoms with E-state index in [1.54, 1.807) is 43.3 Å². The molecule has 0 radical (unpaired) electrons. The monoisotopic (exact) mass is 457 g/mol. The van der Waals surface area contributed by atoms with Crippen LogP contribution in [0.5, 0.6) is 0 Å². The number of nitrogens with zero attached hydrogens (tertiary/aromatic N) is 1. The van der Waals surface area contributed by atoms with Gasteiger partial charge in [0, 0.05) is 27.1 Å². The molecule has 1 aliphatic heterocycles. The predicted octanol–water partition coefficient (Wildman–Crippen LogP) is 2.80. The number of fused-ring (bicyclic) bond motifs is 1. The van der Waals surface area contributed by atoms with Crippen LogP contribution in [-0.4, -0.2) is 32.0 Å². The highest BCUT2D eigenvalue weighted by Gasteiger charge is 2.33. The van der Waals surface area contributed by atoms with E-state index in [9.17, 15) is 18.4 Å². The fourth-order valence-electron chi connectivity index (χ4n) is 2.14. The van der Waals surface area contributed by atoms with E-state index in [1.807, 2.05) is 12.1 Å². The van der Waals surface area contributed by atoms with E-state index in [1.165, 1.54) is 4.90 Å². The number of nitrogens with one attached hydrogen (secondary N) is 1. The molecule has 126 valence electrons. The first-order chi connectivity index (χ1) is 11.4. The van der Waals surface area contributed by atoms with Crippen LogP contribution in [0.15, 0.2) is 48.5 Å². The largest absolute Gasteiger partial charge is 0.755 e. The number of carbonyl (C=O) groups is 2. The summed E-state index contributed by atoms with van der Waals surface area (Å²) in [7, 11) is 0. The minimum atomic E-state index is -2.23. The van der Waals surface area contributed by atoms with Crippen LogP contribution in [0.1, 0.15) is 27.6 Å². The molecule has 8 heteroatoms. The summed E-state index contributed by atoms with van der Waals surface area (Å²) in [5, 5.41) is 0. The Morgan fingerprint density at radius 3 is 1.96 bits per heavy atom. The SMILES string of the molecule is CCN1C(=O)c2ccccc2C1=O.O=S([O-])Nc1ccc(I)cc1. The molecule has 0 aromatic heterocycles. The predicted molar refractivity (Wildman–Crippen MR) is 99.2 cm³/mol. The highest BCUT2D eigenvalue weighted by Crippen LogP contribution is 2.21. The molecule has 1 N–H and O–H groups in total. The lowest BCUT2D eigenvalue weighted by Crippen LogP contribution is -2.29. The summed E-state index contributed by atoms with van der Waals surface area (Å²) in [5.74, 6) is -0.355. The van der Waals surface area contributed by atoms with Crippen molar-refractivity contribution in [1.82, 2.24) is 4.90 Å². The van der Waals surface area contributed by atoms with E-state index in [0.717, 1.165) is 3.57 Å². The van der Waals surface area contributed by atoms with Crippen molar-refractivity contribution in [2.24, 2.45) is 0 Å². The van der Waals surface area contributed by atoms with Gasteiger partial charge in [-0.3, -0.25) is 18.7 Å². The molecule has 0 spiro atoms. The van der Waals surface area contributed by atoms with E-state index in [0.29, 0.717) is 23.4 Å². The molecule has 2 amide bonds. The summed E-state index contributed by atoms with van der Waals surface area (Å²) in [6, 6.07) is 14.0. The van der Waals surface area contributed by atoms with Gasteiger partial charge < -0.3 is 9.27 Å². The van der Waals surface area contributed by atoms with Crippen molar-refractivity contribution in [3.8, 4) is 0 Å². The van der Waals surface area contributed by atoms with Crippen molar-refractivity contribution in [1.29, 1.82) is 0 Å². The molecule has 0 saturated carbocycles. The molecule has 0 aliphatic carbocycles. The first-order valence-electron chi connectivity index (χ1n) is 7.00. The van der Waals surface area contributed by atoms with Crippen LogP contribution < -0.4 is 4.72 Å². The highest BCUT2D eigenvalue weighted by atomic mass is 127. The Morgan fingerprint density at radius 2 is 1.54 bits per heavy atom. The summed E-state index contributed by atoms with van der Waals surface area (Å²) in [6.07, 6.45) is 0. The van der Waals surface area contributed by atoms with Gasteiger partial charge >= 0.3 is 0 Å². The van der Waals surface area contributed by atoms with Gasteiger partial charge in [0.15, 0.2) is 0 Å². The Hall–Kier alpha value is -1.78. The number of benzene rings is 2. The Bertz CT molecular complexity index is 745. The number of anilines is 1. The smallest absolute Gasteiger partial charge is 0.261 e. The average Bonchev–Trinajstić information content (AvgIpc) is 2.81. The van der Waals surface area contributed by atoms with Gasteiger partial charge in [-0.15, -0.1) is 0 Å². The molecule has 6 nitrogen and oxygen atoms in total. The van der Waals surface area contributed by atoms with Crippen LogP contribution in [0.4, 0.5) is 5.69 Å². The topological polar surface area (TPSA) is 89.5 Å². The zero-order valence-electron chi connectivity index (χ0n) is 12.7. The maximum Gasteiger partial charge on any atom is 0.261 e. The molecule has 0 fully saturated rings. The van der Waals surface area contributed by atoms with Crippen LogP contribution in [-0.2, 0) is 11.3 Å². The summed E-state index contributed by atoms with van der Waals surface area (Å²) in [6.45, 7) is 2.23. The number of hydrogen-bond donors (Lipinski definition) is 1. The molecular weight excluding hydrogens is 443 g/mol. The fraction of sp³-hybridized carbons (Fsp3) is 0.125. The Labute approximate surface area is 155 Å². The minimum absolute atomic E-state index is 0.178. The number of hydrogen-bond acceptors (Lipinski definition) is 4. The van der Waals surface area contributed by atoms with E-state index in [2.05, 4.69) is 27.3 Å². The van der Waals surface area contributed by atoms with Crippen molar-refractivity contribution >= 4 is 51.4 Å². The molecule has 1 heterocycles. The van der Waals surface area contributed by atoms with Crippen molar-refractivity contribution in [2.45, 2.75) is 6.92 Å². The Kier molecular flexibility index (Phi) is 6.46. The number of amides is 2. The Morgan fingerprint density at radius 1 is 1.04 bits per heavy atom. The van der Waals surface area contributed by atoms with Gasteiger partial charge in [-0.1, -0.05) is 12.1 Å². The maximum absolute atomic E-state index is 11.5. The fourth-order valence-corrected chi connectivity index (χ4v) is 2.83. The number of carbonyl (C=O) groups excluding carboxylic acids is 2. The lowest BCUT2D eigenvalue weighted by atomic mass is 10.1. The molecule has 1 unspecified atom stereocenters. The average molecular weight is 457 g/mol. The normalized spacial score (nSPS) is 13.9. The molecule has 0 saturated heterocycles. The second-order valence-corrected chi connectivity index (χ2v) is 6.66. The molecule has 0 bridgehead atoms. The minimum Gasteiger partial charge on any atom is -0.755 e. The molecule has 1 atom stereocenters. The second kappa shape index (κ2) is 8.36. The van der Waals surface area contributed by atoms with Crippen LogP contribution in [0.3, 0.4) is 0 Å². The molecule has 2 aromatic rings. The van der Waals surface area contributed by atoms with E-state index < -0.39 is 11.3 Å². The summed E-state index contributed by atoms with van der Waals surface area (Å²) in [5.41, 5.74) is 1.63. The number of halogens is 1. The van der Waals surface area contributed by atoms with Gasteiger partial charge in [-0.2, -0.15) is 0 Å². The third-order valence-corrected chi connectivity index (χ3v) is 4.36. The van der Waals surface area contributed by atoms with Crippen molar-refractivity contribution in [3.63, 3.8) is 0 Å². The molecule has 24 heavy (non-hydrogen) atoms. The molecular formula is C16H14IN2O4S-. The first kappa shape index (κ1) is 18.6. The van der Waals surface area contributed by atoms with Crippen LogP contribution >= 0.6 is 22.6 Å². The third kappa shape index (κ3) is 4.40. The molecule has 1 aliphatic rings. The van der Waals surface area contributed by atoms with Gasteiger partial charge in [0.2, 0.25) is 0 Å². The van der Waals surface area contributed by atoms with E-state index >= 15 is 0 Å². The van der Waals surface area contributed by atoms with Crippen LogP contribution in [0.2, 0.25) is 0 Å². The number of imide groups is 1. The summed E-state index contributed by atoms with van der Waals surface area (Å²) in [4.78, 5) is 24.3. The first-order valence-corrected chi connectivity index (χ1v) is 9.16. The lowest BCUT2D eigenvalue weighted by molar-refractivity contribution is 0.0663. The van der Waals surface area contributed by atoms with Gasteiger partial charge in [0.25, 0.3) is 11.8 Å². The van der Waals surface area contributed by atoms with Crippen LogP contribution in [0, 0.1) is 3.57 Å². The van der Waals surface area contributed by atoms with Gasteiger partial charge in [-0.05, 0) is 65.9 Å². The summed E-state index contributed by atoms with van der Waals surface area (Å²) >= 11 is -0.0772. The molecule has 2 aromatic carbocycles. The van der Waals surface area contributed by atoms with Crippen molar-refractivity contribution < 1.29 is 18.4 Å². The highest BCUT2D eigenvalue weighted by molar-refractivity contribution is 14.1. The van der Waals surface area contributed by atoms with E-state index in [-0.39, 0.29) is 11.8 Å². The van der Waals surface area contributed by atoms with Crippen molar-refractivity contribution in [2.75, 3.05) is 11.3 Å². The summed E-state index contributed by atoms with van der Waals surface area (Å²) < 4.78 is 23.6. The quantitative estimate of drug-likeness (QED) is 0.436. The Balaban J connectivity index is 0.000000177. The second-order valence-electron chi connectivity index (χ2n) is 4.74. The number of rotatable bonds is 3.